The number of fused-ring (bicyclic) bond motifs is 1. The van der Waals surface area contributed by atoms with Gasteiger partial charge in [0.25, 0.3) is 0 Å². The Morgan fingerprint density at radius 2 is 2.37 bits per heavy atom. The zero-order valence-electron chi connectivity index (χ0n) is 15.1. The summed E-state index contributed by atoms with van der Waals surface area (Å²) in [6.07, 6.45) is 10.3. The van der Waals surface area contributed by atoms with Crippen molar-refractivity contribution in [1.82, 2.24) is 20.5 Å². The van der Waals surface area contributed by atoms with Gasteiger partial charge >= 0.3 is 0 Å². The number of pyridine rings is 1. The Kier molecular flexibility index (Phi) is 4.64. The average molecular weight is 365 g/mol. The molecular weight excluding hydrogens is 342 g/mol. The number of anilines is 1. The minimum atomic E-state index is -0.284. The van der Waals surface area contributed by atoms with Crippen molar-refractivity contribution >= 4 is 18.1 Å². The van der Waals surface area contributed by atoms with Gasteiger partial charge in [-0.2, -0.15) is 5.10 Å². The maximum absolute atomic E-state index is 7.34. The molecule has 2 atom stereocenters. The van der Waals surface area contributed by atoms with Gasteiger partial charge in [-0.3, -0.25) is 5.10 Å². The lowest BCUT2D eigenvalue weighted by Crippen LogP contribution is -2.44. The second kappa shape index (κ2) is 7.24. The quantitative estimate of drug-likeness (QED) is 0.614. The predicted molar refractivity (Wildman–Crippen MR) is 105 cm³/mol. The maximum atomic E-state index is 7.34. The van der Waals surface area contributed by atoms with Gasteiger partial charge in [-0.25, -0.2) is 4.98 Å². The first-order valence-electron chi connectivity index (χ1n) is 8.96. The summed E-state index contributed by atoms with van der Waals surface area (Å²) in [5, 5.41) is 17.6. The normalized spacial score (nSPS) is 22.3. The molecule has 0 bridgehead atoms. The second-order valence-electron chi connectivity index (χ2n) is 6.70. The summed E-state index contributed by atoms with van der Waals surface area (Å²) in [5.41, 5.74) is 10.7. The zero-order chi connectivity index (χ0) is 18.8. The molecule has 8 nitrogen and oxygen atoms in total. The van der Waals surface area contributed by atoms with Crippen LogP contribution < -0.4 is 16.0 Å². The summed E-state index contributed by atoms with van der Waals surface area (Å²) in [4.78, 5) is 7.24. The van der Waals surface area contributed by atoms with Gasteiger partial charge in [0.1, 0.15) is 11.9 Å². The van der Waals surface area contributed by atoms with E-state index >= 15 is 0 Å². The van der Waals surface area contributed by atoms with E-state index in [1.165, 1.54) is 6.21 Å². The van der Waals surface area contributed by atoms with Gasteiger partial charge in [0.2, 0.25) is 0 Å². The van der Waals surface area contributed by atoms with Gasteiger partial charge in [0.15, 0.2) is 0 Å². The van der Waals surface area contributed by atoms with E-state index in [4.69, 9.17) is 20.9 Å². The number of aromatic nitrogens is 3. The Bertz CT molecular complexity index is 888. The molecule has 0 saturated carbocycles. The van der Waals surface area contributed by atoms with Crippen LogP contribution in [0.3, 0.4) is 0 Å². The molecule has 0 spiro atoms. The summed E-state index contributed by atoms with van der Waals surface area (Å²) >= 11 is 0. The van der Waals surface area contributed by atoms with E-state index in [1.54, 1.807) is 6.08 Å². The van der Waals surface area contributed by atoms with Crippen LogP contribution in [0.15, 0.2) is 36.4 Å². The van der Waals surface area contributed by atoms with Crippen molar-refractivity contribution in [2.24, 2.45) is 5.73 Å². The number of hydrogen-bond acceptors (Lipinski definition) is 7. The molecule has 27 heavy (non-hydrogen) atoms. The lowest BCUT2D eigenvalue weighted by molar-refractivity contribution is 0.0985. The van der Waals surface area contributed by atoms with Crippen LogP contribution in [0.1, 0.15) is 24.2 Å². The smallest absolute Gasteiger partial charge is 0.129 e. The van der Waals surface area contributed by atoms with Gasteiger partial charge in [-0.15, -0.1) is 0 Å². The highest BCUT2D eigenvalue weighted by Gasteiger charge is 2.27. The maximum Gasteiger partial charge on any atom is 0.129 e. The van der Waals surface area contributed by atoms with Gasteiger partial charge in [0, 0.05) is 35.8 Å². The lowest BCUT2D eigenvalue weighted by Gasteiger charge is -2.36. The number of rotatable bonds is 4. The summed E-state index contributed by atoms with van der Waals surface area (Å²) in [7, 11) is 0. The van der Waals surface area contributed by atoms with E-state index in [2.05, 4.69) is 33.4 Å². The molecule has 2 aromatic rings. The standard InChI is InChI=1S/C19H23N7O/c1-12-11-27-7-6-26(12)17-8-15(13-9-23-24-10-13)14-3-5-22-19(18(14)25-17)16(21)2-4-20/h2-5,8-10,12,19-20,22H,6-7,11,21H2,1H3,(H,23,24)/b16-2-,20-4?. The van der Waals surface area contributed by atoms with Crippen molar-refractivity contribution < 1.29 is 4.74 Å². The zero-order valence-corrected chi connectivity index (χ0v) is 15.1. The molecule has 2 aliphatic heterocycles. The van der Waals surface area contributed by atoms with E-state index in [-0.39, 0.29) is 12.1 Å². The number of nitrogens with zero attached hydrogens (tertiary/aromatic N) is 3. The van der Waals surface area contributed by atoms with E-state index in [9.17, 15) is 0 Å². The number of ether oxygens (including phenoxy) is 1. The minimum Gasteiger partial charge on any atom is -0.400 e. The van der Waals surface area contributed by atoms with Crippen LogP contribution in [0.2, 0.25) is 0 Å². The number of aromatic amines is 1. The molecule has 2 aromatic heterocycles. The molecule has 0 radical (unpaired) electrons. The van der Waals surface area contributed by atoms with Crippen molar-refractivity contribution in [3.63, 3.8) is 0 Å². The molecule has 4 rings (SSSR count). The molecule has 5 N–H and O–H groups in total. The van der Waals surface area contributed by atoms with E-state index < -0.39 is 0 Å². The third-order valence-electron chi connectivity index (χ3n) is 4.94. The number of H-pyrrole nitrogens is 1. The molecular formula is C19H23N7O. The fourth-order valence-electron chi connectivity index (χ4n) is 3.56. The first-order chi connectivity index (χ1) is 13.2. The van der Waals surface area contributed by atoms with Crippen LogP contribution in [0.25, 0.3) is 17.2 Å². The first-order valence-corrected chi connectivity index (χ1v) is 8.96. The van der Waals surface area contributed by atoms with E-state index in [0.29, 0.717) is 18.9 Å². The Morgan fingerprint density at radius 3 is 3.11 bits per heavy atom. The van der Waals surface area contributed by atoms with Gasteiger partial charge < -0.3 is 26.1 Å². The monoisotopic (exact) mass is 365 g/mol. The molecule has 1 fully saturated rings. The third kappa shape index (κ3) is 3.19. The molecule has 0 aromatic carbocycles. The van der Waals surface area contributed by atoms with Crippen LogP contribution in [-0.2, 0) is 4.74 Å². The largest absolute Gasteiger partial charge is 0.400 e. The average Bonchev–Trinajstić information content (AvgIpc) is 3.22. The molecule has 8 heteroatoms. The van der Waals surface area contributed by atoms with Crippen LogP contribution >= 0.6 is 0 Å². The Hall–Kier alpha value is -3.13. The lowest BCUT2D eigenvalue weighted by atomic mass is 9.94. The van der Waals surface area contributed by atoms with Gasteiger partial charge in [-0.05, 0) is 36.9 Å². The molecule has 0 amide bonds. The summed E-state index contributed by atoms with van der Waals surface area (Å²) in [6.45, 7) is 4.28. The van der Waals surface area contributed by atoms with E-state index in [1.807, 2.05) is 24.7 Å². The highest BCUT2D eigenvalue weighted by atomic mass is 16.5. The van der Waals surface area contributed by atoms with Gasteiger partial charge in [-0.1, -0.05) is 0 Å². The third-order valence-corrected chi connectivity index (χ3v) is 4.94. The minimum absolute atomic E-state index is 0.238. The highest BCUT2D eigenvalue weighted by Crippen LogP contribution is 2.36. The topological polar surface area (TPSA) is 116 Å². The summed E-state index contributed by atoms with van der Waals surface area (Å²) < 4.78 is 5.58. The summed E-state index contributed by atoms with van der Waals surface area (Å²) in [5.74, 6) is 0.894. The molecule has 4 heterocycles. The van der Waals surface area contributed by atoms with Crippen LogP contribution in [0, 0.1) is 5.41 Å². The highest BCUT2D eigenvalue weighted by molar-refractivity contribution is 5.80. The van der Waals surface area contributed by atoms with Crippen molar-refractivity contribution in [3.05, 3.63) is 47.7 Å². The number of morpholine rings is 1. The van der Waals surface area contributed by atoms with Crippen molar-refractivity contribution in [2.45, 2.75) is 19.0 Å². The van der Waals surface area contributed by atoms with E-state index in [0.717, 1.165) is 34.7 Å². The van der Waals surface area contributed by atoms with Crippen molar-refractivity contribution in [2.75, 3.05) is 24.7 Å². The second-order valence-corrected chi connectivity index (χ2v) is 6.70. The number of nitrogens with one attached hydrogen (secondary N) is 3. The van der Waals surface area contributed by atoms with Crippen LogP contribution in [0.5, 0.6) is 0 Å². The number of allylic oxidation sites excluding steroid dienone is 1. The molecule has 0 aliphatic carbocycles. The Balaban J connectivity index is 1.89. The van der Waals surface area contributed by atoms with Crippen LogP contribution in [0.4, 0.5) is 5.82 Å². The first kappa shape index (κ1) is 17.3. The molecule has 140 valence electrons. The van der Waals surface area contributed by atoms with Crippen molar-refractivity contribution in [3.8, 4) is 11.1 Å². The number of nitrogens with two attached hydrogens (primary N) is 1. The fraction of sp³-hybridized carbons (Fsp3) is 0.316. The number of hydrogen-bond donors (Lipinski definition) is 4. The fourth-order valence-corrected chi connectivity index (χ4v) is 3.56. The summed E-state index contributed by atoms with van der Waals surface area (Å²) in [6, 6.07) is 2.06. The Morgan fingerprint density at radius 1 is 1.48 bits per heavy atom. The predicted octanol–water partition coefficient (Wildman–Crippen LogP) is 1.80. The van der Waals surface area contributed by atoms with Gasteiger partial charge in [0.05, 0.1) is 31.1 Å². The SMILES string of the molecule is CC1COCCN1c1cc(-c2cn[nH]c2)c2c(n1)C(/C(N)=C/C=N)NC=C2. The van der Waals surface area contributed by atoms with Crippen LogP contribution in [-0.4, -0.2) is 47.2 Å². The van der Waals surface area contributed by atoms with Crippen molar-refractivity contribution in [1.29, 1.82) is 5.41 Å². The molecule has 1 saturated heterocycles. The Labute approximate surface area is 157 Å². The molecule has 2 unspecified atom stereocenters. The molecule has 2 aliphatic rings.